The molecule has 1 aliphatic carbocycles. The predicted molar refractivity (Wildman–Crippen MR) is 49.5 cm³/mol. The van der Waals surface area contributed by atoms with Crippen LogP contribution in [0.3, 0.4) is 0 Å². The highest BCUT2D eigenvalue weighted by molar-refractivity contribution is 6.83. The Bertz CT molecular complexity index is 170. The van der Waals surface area contributed by atoms with Gasteiger partial charge in [-0.05, 0) is 12.8 Å². The van der Waals surface area contributed by atoms with Crippen LogP contribution in [-0.4, -0.2) is 8.07 Å². The SMILES string of the molecule is C[Si](C)(C)C1=CC[CH]C=C1. The second-order valence-electron chi connectivity index (χ2n) is 3.74. The standard InChI is InChI=1S/C9H15Si/c1-10(2,3)9-7-5-4-6-8-9/h4-5,7-8H,6H2,1-3H3. The van der Waals surface area contributed by atoms with Crippen LogP contribution in [0.25, 0.3) is 0 Å². The Morgan fingerprint density at radius 2 is 2.00 bits per heavy atom. The molecule has 0 heterocycles. The van der Waals surface area contributed by atoms with Gasteiger partial charge in [-0.15, -0.1) is 0 Å². The Hall–Kier alpha value is -0.303. The van der Waals surface area contributed by atoms with Crippen molar-refractivity contribution >= 4 is 8.07 Å². The molecule has 0 unspecified atom stereocenters. The Kier molecular flexibility index (Phi) is 2.14. The molecule has 0 bridgehead atoms. The van der Waals surface area contributed by atoms with Crippen LogP contribution in [0.4, 0.5) is 0 Å². The summed E-state index contributed by atoms with van der Waals surface area (Å²) in [6, 6.07) is 0. The molecule has 1 rings (SSSR count). The van der Waals surface area contributed by atoms with Gasteiger partial charge in [-0.25, -0.2) is 0 Å². The zero-order chi connectivity index (χ0) is 7.61. The van der Waals surface area contributed by atoms with E-state index >= 15 is 0 Å². The van der Waals surface area contributed by atoms with Crippen molar-refractivity contribution < 1.29 is 0 Å². The van der Waals surface area contributed by atoms with Gasteiger partial charge in [0.15, 0.2) is 0 Å². The third-order valence-electron chi connectivity index (χ3n) is 1.75. The van der Waals surface area contributed by atoms with Gasteiger partial charge in [0.05, 0.1) is 8.07 Å². The van der Waals surface area contributed by atoms with Gasteiger partial charge < -0.3 is 0 Å². The molecule has 0 aromatic rings. The van der Waals surface area contributed by atoms with Gasteiger partial charge in [0, 0.05) is 0 Å². The predicted octanol–water partition coefficient (Wildman–Crippen LogP) is 2.95. The monoisotopic (exact) mass is 151 g/mol. The van der Waals surface area contributed by atoms with E-state index in [0.29, 0.717) is 0 Å². The van der Waals surface area contributed by atoms with Crippen LogP contribution < -0.4 is 0 Å². The molecule has 55 valence electrons. The van der Waals surface area contributed by atoms with Crippen molar-refractivity contribution in [2.24, 2.45) is 0 Å². The summed E-state index contributed by atoms with van der Waals surface area (Å²) in [4.78, 5) is 0. The molecular weight excluding hydrogens is 136 g/mol. The molecule has 0 spiro atoms. The average molecular weight is 151 g/mol. The fourth-order valence-corrected chi connectivity index (χ4v) is 2.40. The molecular formula is C9H15Si. The molecule has 1 aliphatic rings. The van der Waals surface area contributed by atoms with Gasteiger partial charge in [-0.1, -0.05) is 43.1 Å². The second-order valence-corrected chi connectivity index (χ2v) is 8.82. The third-order valence-corrected chi connectivity index (χ3v) is 3.85. The summed E-state index contributed by atoms with van der Waals surface area (Å²) in [5, 5.41) is 1.59. The zero-order valence-corrected chi connectivity index (χ0v) is 8.02. The summed E-state index contributed by atoms with van der Waals surface area (Å²) < 4.78 is 0. The molecule has 0 saturated carbocycles. The number of hydrogen-bond donors (Lipinski definition) is 0. The van der Waals surface area contributed by atoms with Crippen molar-refractivity contribution in [1.82, 2.24) is 0 Å². The highest BCUT2D eigenvalue weighted by Gasteiger charge is 2.17. The number of allylic oxidation sites excluding steroid dienone is 4. The maximum Gasteiger partial charge on any atom is 0.0771 e. The smallest absolute Gasteiger partial charge is 0.0771 e. The van der Waals surface area contributed by atoms with Crippen molar-refractivity contribution in [3.8, 4) is 0 Å². The lowest BCUT2D eigenvalue weighted by molar-refractivity contribution is 1.25. The number of rotatable bonds is 1. The van der Waals surface area contributed by atoms with Crippen molar-refractivity contribution in [3.63, 3.8) is 0 Å². The van der Waals surface area contributed by atoms with Gasteiger partial charge in [-0.3, -0.25) is 0 Å². The van der Waals surface area contributed by atoms with Gasteiger partial charge >= 0.3 is 0 Å². The van der Waals surface area contributed by atoms with E-state index in [1.165, 1.54) is 0 Å². The Balaban J connectivity index is 2.73. The van der Waals surface area contributed by atoms with Crippen molar-refractivity contribution in [2.75, 3.05) is 0 Å². The van der Waals surface area contributed by atoms with Crippen LogP contribution >= 0.6 is 0 Å². The topological polar surface area (TPSA) is 0 Å². The first-order valence-electron chi connectivity index (χ1n) is 3.81. The molecule has 0 aromatic carbocycles. The Labute approximate surface area is 64.7 Å². The zero-order valence-electron chi connectivity index (χ0n) is 7.02. The molecule has 1 radical (unpaired) electrons. The maximum absolute atomic E-state index is 2.38. The van der Waals surface area contributed by atoms with Crippen LogP contribution in [0.1, 0.15) is 6.42 Å². The lowest BCUT2D eigenvalue weighted by Crippen LogP contribution is -2.23. The lowest BCUT2D eigenvalue weighted by atomic mass is 10.2. The Morgan fingerprint density at radius 1 is 1.30 bits per heavy atom. The van der Waals surface area contributed by atoms with Crippen LogP contribution in [0.2, 0.25) is 19.6 Å². The van der Waals surface area contributed by atoms with E-state index in [4.69, 9.17) is 0 Å². The molecule has 0 saturated heterocycles. The largest absolute Gasteiger partial charge is 0.0847 e. The van der Waals surface area contributed by atoms with E-state index in [9.17, 15) is 0 Å². The highest BCUT2D eigenvalue weighted by atomic mass is 28.3. The first kappa shape index (κ1) is 7.80. The third kappa shape index (κ3) is 1.84. The number of hydrogen-bond acceptors (Lipinski definition) is 0. The molecule has 10 heavy (non-hydrogen) atoms. The summed E-state index contributed by atoms with van der Waals surface area (Å²) in [6.45, 7) is 7.15. The van der Waals surface area contributed by atoms with E-state index in [1.807, 2.05) is 0 Å². The molecule has 0 N–H and O–H groups in total. The van der Waals surface area contributed by atoms with E-state index in [-0.39, 0.29) is 0 Å². The molecule has 1 heteroatoms. The van der Waals surface area contributed by atoms with Crippen LogP contribution in [0.15, 0.2) is 23.4 Å². The normalized spacial score (nSPS) is 18.9. The molecule has 0 amide bonds. The van der Waals surface area contributed by atoms with Gasteiger partial charge in [0.1, 0.15) is 0 Å². The highest BCUT2D eigenvalue weighted by Crippen LogP contribution is 2.19. The summed E-state index contributed by atoms with van der Waals surface area (Å²) >= 11 is 0. The van der Waals surface area contributed by atoms with E-state index in [2.05, 4.69) is 44.3 Å². The first-order chi connectivity index (χ1) is 4.61. The van der Waals surface area contributed by atoms with Gasteiger partial charge in [-0.2, -0.15) is 0 Å². The summed E-state index contributed by atoms with van der Waals surface area (Å²) in [6.07, 6.45) is 10.1. The van der Waals surface area contributed by atoms with Gasteiger partial charge in [0.25, 0.3) is 0 Å². The fourth-order valence-electron chi connectivity index (χ4n) is 1.07. The molecule has 0 atom stereocenters. The molecule has 0 nitrogen and oxygen atoms in total. The van der Waals surface area contributed by atoms with E-state index in [1.54, 1.807) is 5.20 Å². The van der Waals surface area contributed by atoms with Crippen LogP contribution in [0, 0.1) is 6.42 Å². The van der Waals surface area contributed by atoms with Crippen LogP contribution in [-0.2, 0) is 0 Å². The summed E-state index contributed by atoms with van der Waals surface area (Å²) in [7, 11) is -1.00. The molecule has 0 fully saturated rings. The minimum atomic E-state index is -1.00. The van der Waals surface area contributed by atoms with E-state index < -0.39 is 8.07 Å². The minimum Gasteiger partial charge on any atom is -0.0847 e. The summed E-state index contributed by atoms with van der Waals surface area (Å²) in [5.41, 5.74) is 0. The Morgan fingerprint density at radius 3 is 2.30 bits per heavy atom. The van der Waals surface area contributed by atoms with E-state index in [0.717, 1.165) is 6.42 Å². The maximum atomic E-state index is 2.38. The molecule has 0 aliphatic heterocycles. The van der Waals surface area contributed by atoms with Crippen molar-refractivity contribution in [3.05, 3.63) is 29.8 Å². The minimum absolute atomic E-state index is 1.00. The van der Waals surface area contributed by atoms with Crippen molar-refractivity contribution in [1.29, 1.82) is 0 Å². The average Bonchev–Trinajstić information content (AvgIpc) is 1.88. The first-order valence-corrected chi connectivity index (χ1v) is 7.31. The van der Waals surface area contributed by atoms with Gasteiger partial charge in [0.2, 0.25) is 0 Å². The second kappa shape index (κ2) is 2.75. The summed E-state index contributed by atoms with van der Waals surface area (Å²) in [5.74, 6) is 0. The fraction of sp³-hybridized carbons (Fsp3) is 0.444. The molecule has 0 aromatic heterocycles. The quantitative estimate of drug-likeness (QED) is 0.505. The lowest BCUT2D eigenvalue weighted by Gasteiger charge is -2.19. The van der Waals surface area contributed by atoms with Crippen molar-refractivity contribution in [2.45, 2.75) is 26.1 Å². The van der Waals surface area contributed by atoms with Crippen LogP contribution in [0.5, 0.6) is 0 Å².